The van der Waals surface area contributed by atoms with E-state index in [0.717, 1.165) is 5.69 Å². The Morgan fingerprint density at radius 1 is 1.20 bits per heavy atom. The van der Waals surface area contributed by atoms with Gasteiger partial charge in [0.05, 0.1) is 0 Å². The van der Waals surface area contributed by atoms with E-state index in [4.69, 9.17) is 0 Å². The number of aromatic hydroxyl groups is 1. The molecule has 2 aromatic carbocycles. The number of para-hydroxylation sites is 1. The molecule has 4 nitrogen and oxygen atoms in total. The molecule has 3 N–H and O–H groups in total. The van der Waals surface area contributed by atoms with Crippen LogP contribution in [-0.2, 0) is 6.54 Å². The Hall–Kier alpha value is -2.56. The first kappa shape index (κ1) is 13.9. The van der Waals surface area contributed by atoms with E-state index in [1.165, 1.54) is 6.07 Å². The standard InChI is InChI=1S/C15H15FN2O2/c1-17-15(20)10-5-7-12(8-6-10)18-9-11-3-2-4-13(16)14(11)19/h2-8,18-19H,9H2,1H3,(H,17,20). The molecule has 0 fully saturated rings. The number of anilines is 1. The minimum absolute atomic E-state index is 0.153. The monoisotopic (exact) mass is 274 g/mol. The Balaban J connectivity index is 2.04. The number of hydrogen-bond acceptors (Lipinski definition) is 3. The molecule has 2 aromatic rings. The molecule has 20 heavy (non-hydrogen) atoms. The van der Waals surface area contributed by atoms with Crippen LogP contribution in [0.2, 0.25) is 0 Å². The van der Waals surface area contributed by atoms with Gasteiger partial charge in [0, 0.05) is 30.4 Å². The normalized spacial score (nSPS) is 10.1. The van der Waals surface area contributed by atoms with Crippen LogP contribution in [0.1, 0.15) is 15.9 Å². The Kier molecular flexibility index (Phi) is 4.20. The zero-order valence-electron chi connectivity index (χ0n) is 11.0. The zero-order valence-corrected chi connectivity index (χ0v) is 11.0. The number of nitrogens with one attached hydrogen (secondary N) is 2. The number of phenolic OH excluding ortho intramolecular Hbond substituents is 1. The van der Waals surface area contributed by atoms with Gasteiger partial charge in [-0.1, -0.05) is 12.1 Å². The van der Waals surface area contributed by atoms with Crippen LogP contribution >= 0.6 is 0 Å². The predicted octanol–water partition coefficient (Wildman–Crippen LogP) is 2.50. The fourth-order valence-electron chi connectivity index (χ4n) is 1.78. The highest BCUT2D eigenvalue weighted by Gasteiger charge is 2.06. The molecule has 0 unspecified atom stereocenters. The first-order valence-electron chi connectivity index (χ1n) is 6.14. The number of phenols is 1. The second-order valence-electron chi connectivity index (χ2n) is 4.26. The van der Waals surface area contributed by atoms with Crippen molar-refractivity contribution >= 4 is 11.6 Å². The van der Waals surface area contributed by atoms with E-state index in [-0.39, 0.29) is 11.7 Å². The number of carbonyl (C=O) groups is 1. The van der Waals surface area contributed by atoms with Crippen LogP contribution in [0.5, 0.6) is 5.75 Å². The summed E-state index contributed by atoms with van der Waals surface area (Å²) >= 11 is 0. The lowest BCUT2D eigenvalue weighted by Gasteiger charge is -2.09. The summed E-state index contributed by atoms with van der Waals surface area (Å²) in [6.07, 6.45) is 0. The summed E-state index contributed by atoms with van der Waals surface area (Å²) in [5.74, 6) is -1.14. The van der Waals surface area contributed by atoms with E-state index in [1.54, 1.807) is 43.4 Å². The molecular weight excluding hydrogens is 259 g/mol. The third-order valence-electron chi connectivity index (χ3n) is 2.93. The van der Waals surface area contributed by atoms with Crippen molar-refractivity contribution in [3.63, 3.8) is 0 Å². The fourth-order valence-corrected chi connectivity index (χ4v) is 1.78. The molecule has 0 aromatic heterocycles. The van der Waals surface area contributed by atoms with Gasteiger partial charge in [-0.3, -0.25) is 4.79 Å². The maximum atomic E-state index is 13.2. The van der Waals surface area contributed by atoms with Crippen molar-refractivity contribution in [2.24, 2.45) is 0 Å². The van der Waals surface area contributed by atoms with Crippen LogP contribution in [0.15, 0.2) is 42.5 Å². The molecule has 2 rings (SSSR count). The molecule has 1 amide bonds. The van der Waals surface area contributed by atoms with E-state index in [1.807, 2.05) is 0 Å². The molecule has 0 aliphatic carbocycles. The lowest BCUT2D eigenvalue weighted by atomic mass is 10.1. The number of rotatable bonds is 4. The molecule has 0 saturated heterocycles. The summed E-state index contributed by atoms with van der Waals surface area (Å²) in [7, 11) is 1.57. The van der Waals surface area contributed by atoms with Gasteiger partial charge in [-0.2, -0.15) is 0 Å². The Labute approximate surface area is 116 Å². The average molecular weight is 274 g/mol. The molecule has 0 saturated carbocycles. The van der Waals surface area contributed by atoms with Gasteiger partial charge in [0.2, 0.25) is 0 Å². The quantitative estimate of drug-likeness (QED) is 0.802. The summed E-state index contributed by atoms with van der Waals surface area (Å²) in [6, 6.07) is 11.3. The molecule has 104 valence electrons. The highest BCUT2D eigenvalue weighted by molar-refractivity contribution is 5.94. The largest absolute Gasteiger partial charge is 0.505 e. The van der Waals surface area contributed by atoms with Crippen LogP contribution < -0.4 is 10.6 Å². The van der Waals surface area contributed by atoms with Crippen molar-refractivity contribution in [1.29, 1.82) is 0 Å². The zero-order chi connectivity index (χ0) is 14.5. The minimum atomic E-state index is -0.640. The molecule has 0 atom stereocenters. The average Bonchev–Trinajstić information content (AvgIpc) is 2.48. The summed E-state index contributed by atoms with van der Waals surface area (Å²) in [5.41, 5.74) is 1.81. The van der Waals surface area contributed by atoms with Gasteiger partial charge in [0.1, 0.15) is 0 Å². The number of amides is 1. The maximum Gasteiger partial charge on any atom is 0.251 e. The summed E-state index contributed by atoms with van der Waals surface area (Å²) in [5, 5.41) is 15.1. The number of benzene rings is 2. The highest BCUT2D eigenvalue weighted by atomic mass is 19.1. The third-order valence-corrected chi connectivity index (χ3v) is 2.93. The van der Waals surface area contributed by atoms with Crippen LogP contribution in [-0.4, -0.2) is 18.1 Å². The van der Waals surface area contributed by atoms with Gasteiger partial charge in [-0.25, -0.2) is 4.39 Å². The van der Waals surface area contributed by atoms with Gasteiger partial charge in [-0.15, -0.1) is 0 Å². The number of halogens is 1. The van der Waals surface area contributed by atoms with Gasteiger partial charge < -0.3 is 15.7 Å². The first-order chi connectivity index (χ1) is 9.61. The number of hydrogen-bond donors (Lipinski definition) is 3. The molecule has 0 heterocycles. The molecule has 5 heteroatoms. The molecule has 0 bridgehead atoms. The van der Waals surface area contributed by atoms with E-state index in [0.29, 0.717) is 17.7 Å². The summed E-state index contributed by atoms with van der Waals surface area (Å²) in [6.45, 7) is 0.295. The molecule has 0 spiro atoms. The van der Waals surface area contributed by atoms with E-state index >= 15 is 0 Å². The second kappa shape index (κ2) is 6.06. The maximum absolute atomic E-state index is 13.2. The van der Waals surface area contributed by atoms with Crippen molar-refractivity contribution in [2.75, 3.05) is 12.4 Å². The Morgan fingerprint density at radius 3 is 2.55 bits per heavy atom. The molecule has 0 radical (unpaired) electrons. The molecule has 0 aliphatic rings. The van der Waals surface area contributed by atoms with Crippen LogP contribution in [0, 0.1) is 5.82 Å². The Bertz CT molecular complexity index is 612. The minimum Gasteiger partial charge on any atom is -0.505 e. The SMILES string of the molecule is CNC(=O)c1ccc(NCc2cccc(F)c2O)cc1. The second-order valence-corrected chi connectivity index (χ2v) is 4.26. The van der Waals surface area contributed by atoms with Crippen molar-refractivity contribution in [3.05, 3.63) is 59.4 Å². The lowest BCUT2D eigenvalue weighted by Crippen LogP contribution is -2.17. The van der Waals surface area contributed by atoms with E-state index in [2.05, 4.69) is 10.6 Å². The van der Waals surface area contributed by atoms with Gasteiger partial charge in [0.25, 0.3) is 5.91 Å². The molecule has 0 aliphatic heterocycles. The summed E-state index contributed by atoms with van der Waals surface area (Å²) < 4.78 is 13.2. The predicted molar refractivity (Wildman–Crippen MR) is 75.2 cm³/mol. The first-order valence-corrected chi connectivity index (χ1v) is 6.14. The fraction of sp³-hybridized carbons (Fsp3) is 0.133. The van der Waals surface area contributed by atoms with E-state index < -0.39 is 5.82 Å². The topological polar surface area (TPSA) is 61.4 Å². The van der Waals surface area contributed by atoms with Crippen molar-refractivity contribution < 1.29 is 14.3 Å². The van der Waals surface area contributed by atoms with Crippen molar-refractivity contribution in [2.45, 2.75) is 6.54 Å². The van der Waals surface area contributed by atoms with Gasteiger partial charge in [-0.05, 0) is 30.3 Å². The van der Waals surface area contributed by atoms with Crippen LogP contribution in [0.4, 0.5) is 10.1 Å². The van der Waals surface area contributed by atoms with Gasteiger partial charge >= 0.3 is 0 Å². The molecular formula is C15H15FN2O2. The summed E-state index contributed by atoms with van der Waals surface area (Å²) in [4.78, 5) is 11.4. The smallest absolute Gasteiger partial charge is 0.251 e. The lowest BCUT2D eigenvalue weighted by molar-refractivity contribution is 0.0963. The highest BCUT2D eigenvalue weighted by Crippen LogP contribution is 2.21. The number of carbonyl (C=O) groups excluding carboxylic acids is 1. The Morgan fingerprint density at radius 2 is 1.90 bits per heavy atom. The third kappa shape index (κ3) is 3.06. The van der Waals surface area contributed by atoms with Crippen molar-refractivity contribution in [3.8, 4) is 5.75 Å². The van der Waals surface area contributed by atoms with E-state index in [9.17, 15) is 14.3 Å². The van der Waals surface area contributed by atoms with Crippen LogP contribution in [0.3, 0.4) is 0 Å². The van der Waals surface area contributed by atoms with Crippen molar-refractivity contribution in [1.82, 2.24) is 5.32 Å². The van der Waals surface area contributed by atoms with Crippen LogP contribution in [0.25, 0.3) is 0 Å². The van der Waals surface area contributed by atoms with Gasteiger partial charge in [0.15, 0.2) is 11.6 Å².